The molecule has 0 unspecified atom stereocenters. The Kier molecular flexibility index (Phi) is 280. The van der Waals surface area contributed by atoms with Crippen molar-refractivity contribution in [3.05, 3.63) is 22.6 Å². The SMILES string of the molecule is C=CC.O=O. The third-order valence-electron chi connectivity index (χ3n) is 0. The summed E-state index contributed by atoms with van der Waals surface area (Å²) in [6.07, 6.45) is 1.75. The van der Waals surface area contributed by atoms with E-state index in [1.54, 1.807) is 6.08 Å². The first-order valence-electron chi connectivity index (χ1n) is 1.15. The van der Waals surface area contributed by atoms with Crippen LogP contribution in [0.25, 0.3) is 0 Å². The first-order valence-corrected chi connectivity index (χ1v) is 1.15. The summed E-state index contributed by atoms with van der Waals surface area (Å²) in [5.74, 6) is 0. The smallest absolute Gasteiger partial charge is 0 e. The van der Waals surface area contributed by atoms with Gasteiger partial charge in [0.25, 0.3) is 0 Å². The minimum Gasteiger partial charge on any atom is -0.103 e. The molecule has 30 valence electrons. The Morgan fingerprint density at radius 3 is 1.60 bits per heavy atom. The molecule has 0 heterocycles. The second kappa shape index (κ2) is 158. The summed E-state index contributed by atoms with van der Waals surface area (Å²) in [4.78, 5) is 14.0. The van der Waals surface area contributed by atoms with Crippen molar-refractivity contribution in [2.24, 2.45) is 0 Å². The molecule has 2 heteroatoms. The predicted octanol–water partition coefficient (Wildman–Crippen LogP) is 1.26. The summed E-state index contributed by atoms with van der Waals surface area (Å²) in [7, 11) is 0. The minimum absolute atomic E-state index is 1.75. The van der Waals surface area contributed by atoms with E-state index in [0.29, 0.717) is 0 Å². The number of hydrogen-bond donors (Lipinski definition) is 0. The van der Waals surface area contributed by atoms with Gasteiger partial charge in [0.1, 0.15) is 0 Å². The van der Waals surface area contributed by atoms with Crippen molar-refractivity contribution in [1.29, 1.82) is 0 Å². The Morgan fingerprint density at radius 1 is 1.60 bits per heavy atom. The zero-order valence-corrected chi connectivity index (χ0v) is 3.10. The molecule has 0 spiro atoms. The van der Waals surface area contributed by atoms with Crippen molar-refractivity contribution in [1.82, 2.24) is 0 Å². The molecular formula is C3H6O2. The van der Waals surface area contributed by atoms with Crippen LogP contribution in [-0.4, -0.2) is 0 Å². The van der Waals surface area contributed by atoms with Crippen molar-refractivity contribution in [3.63, 3.8) is 0 Å². The second-order valence-electron chi connectivity index (χ2n) is 0.408. The molecule has 0 amide bonds. The van der Waals surface area contributed by atoms with Crippen LogP contribution in [0.4, 0.5) is 0 Å². The lowest BCUT2D eigenvalue weighted by Crippen LogP contribution is -1.07. The van der Waals surface area contributed by atoms with Crippen LogP contribution in [0, 0.1) is 9.93 Å². The third-order valence-corrected chi connectivity index (χ3v) is 0. The molecule has 0 aromatic heterocycles. The molecule has 0 aliphatic carbocycles. The monoisotopic (exact) mass is 74.0 g/mol. The largest absolute Gasteiger partial charge is 0.103 e. The average molecular weight is 74.1 g/mol. The van der Waals surface area contributed by atoms with E-state index in [4.69, 9.17) is 9.93 Å². The van der Waals surface area contributed by atoms with Gasteiger partial charge < -0.3 is 0 Å². The maximum absolute atomic E-state index is 7.00. The Balaban J connectivity index is 0. The maximum Gasteiger partial charge on any atom is 0 e. The zero-order valence-electron chi connectivity index (χ0n) is 3.10. The first kappa shape index (κ1) is 8.84. The number of allylic oxidation sites excluding steroid dienone is 1. The van der Waals surface area contributed by atoms with Gasteiger partial charge in [-0.05, 0) is 6.92 Å². The van der Waals surface area contributed by atoms with Crippen LogP contribution in [0.1, 0.15) is 6.92 Å². The summed E-state index contributed by atoms with van der Waals surface area (Å²) >= 11 is 0. The number of hydrogen-bond acceptors (Lipinski definition) is 2. The van der Waals surface area contributed by atoms with E-state index in [9.17, 15) is 0 Å². The average Bonchev–Trinajstić information content (AvgIpc) is 1.46. The van der Waals surface area contributed by atoms with Gasteiger partial charge in [0.2, 0.25) is 0 Å². The Bertz CT molecular complexity index is 18.9. The molecular weight excluding hydrogens is 68.0 g/mol. The van der Waals surface area contributed by atoms with E-state index < -0.39 is 0 Å². The first-order chi connectivity index (χ1) is 2.41. The van der Waals surface area contributed by atoms with Gasteiger partial charge in [0, 0.05) is 9.93 Å². The van der Waals surface area contributed by atoms with Crippen molar-refractivity contribution >= 4 is 0 Å². The van der Waals surface area contributed by atoms with E-state index in [-0.39, 0.29) is 0 Å². The summed E-state index contributed by atoms with van der Waals surface area (Å²) in [5, 5.41) is 0. The van der Waals surface area contributed by atoms with Crippen LogP contribution in [0.5, 0.6) is 0 Å². The van der Waals surface area contributed by atoms with Crippen LogP contribution in [0.2, 0.25) is 0 Å². The topological polar surface area (TPSA) is 34.1 Å². The predicted molar refractivity (Wildman–Crippen MR) is 22.6 cm³/mol. The van der Waals surface area contributed by atoms with Crippen LogP contribution in [-0.2, 0) is 0 Å². The van der Waals surface area contributed by atoms with Crippen molar-refractivity contribution in [2.45, 2.75) is 6.92 Å². The van der Waals surface area contributed by atoms with E-state index in [2.05, 4.69) is 6.58 Å². The minimum atomic E-state index is 1.75. The van der Waals surface area contributed by atoms with Gasteiger partial charge in [-0.3, -0.25) is 0 Å². The fraction of sp³-hybridized carbons (Fsp3) is 0.333. The van der Waals surface area contributed by atoms with Gasteiger partial charge in [-0.1, -0.05) is 6.08 Å². The fourth-order valence-corrected chi connectivity index (χ4v) is 0. The quantitative estimate of drug-likeness (QED) is 0.405. The zero-order chi connectivity index (χ0) is 4.71. The normalized spacial score (nSPS) is 3.40. The Morgan fingerprint density at radius 2 is 1.60 bits per heavy atom. The van der Waals surface area contributed by atoms with Crippen LogP contribution < -0.4 is 0 Å². The second-order valence-corrected chi connectivity index (χ2v) is 0.408. The van der Waals surface area contributed by atoms with Gasteiger partial charge in [0.05, 0.1) is 0 Å². The highest BCUT2D eigenvalue weighted by atomic mass is 16.7. The molecule has 2 nitrogen and oxygen atoms in total. The Hall–Kier alpha value is -0.660. The summed E-state index contributed by atoms with van der Waals surface area (Å²) < 4.78 is 0. The molecule has 0 bridgehead atoms. The molecule has 0 rings (SSSR count). The van der Waals surface area contributed by atoms with E-state index in [1.165, 1.54) is 0 Å². The standard InChI is InChI=1S/C3H6.O2/c1-3-2;1-2/h3H,1H2,2H3;. The molecule has 0 atom stereocenters. The Labute approximate surface area is 30.7 Å². The highest BCUT2D eigenvalue weighted by Gasteiger charge is 1.15. The van der Waals surface area contributed by atoms with Crippen LogP contribution in [0.15, 0.2) is 12.7 Å². The maximum atomic E-state index is 7.00. The molecule has 0 fully saturated rings. The molecule has 0 aromatic carbocycles. The molecule has 0 radical (unpaired) electrons. The molecule has 0 N–H and O–H groups in total. The van der Waals surface area contributed by atoms with E-state index >= 15 is 0 Å². The molecule has 0 aromatic rings. The highest BCUT2D eigenvalue weighted by molar-refractivity contribution is 4.51. The number of rotatable bonds is 0. The summed E-state index contributed by atoms with van der Waals surface area (Å²) in [6, 6.07) is 0. The summed E-state index contributed by atoms with van der Waals surface area (Å²) in [6.45, 7) is 5.25. The van der Waals surface area contributed by atoms with Crippen molar-refractivity contribution < 1.29 is 0 Å². The molecule has 0 aliphatic heterocycles. The third kappa shape index (κ3) is 13.8. The van der Waals surface area contributed by atoms with Crippen molar-refractivity contribution in [3.8, 4) is 0 Å². The van der Waals surface area contributed by atoms with E-state index in [1.807, 2.05) is 6.92 Å². The van der Waals surface area contributed by atoms with Gasteiger partial charge in [-0.15, -0.1) is 6.58 Å². The van der Waals surface area contributed by atoms with Crippen LogP contribution >= 0.6 is 0 Å². The lowest BCUT2D eigenvalue weighted by Gasteiger charge is -1.31. The van der Waals surface area contributed by atoms with Gasteiger partial charge in [-0.2, -0.15) is 0 Å². The van der Waals surface area contributed by atoms with Gasteiger partial charge >= 0.3 is 0 Å². The molecule has 0 aliphatic rings. The lowest BCUT2D eigenvalue weighted by molar-refractivity contribution is 1.80. The van der Waals surface area contributed by atoms with Gasteiger partial charge in [0.15, 0.2) is 0 Å². The molecule has 0 saturated carbocycles. The van der Waals surface area contributed by atoms with Crippen molar-refractivity contribution in [2.75, 3.05) is 0 Å². The molecule has 5 heavy (non-hydrogen) atoms. The van der Waals surface area contributed by atoms with Crippen LogP contribution in [0.3, 0.4) is 0 Å². The summed E-state index contributed by atoms with van der Waals surface area (Å²) in [5.41, 5.74) is 0. The van der Waals surface area contributed by atoms with E-state index in [0.717, 1.165) is 0 Å². The lowest BCUT2D eigenvalue weighted by atomic mass is 10.8. The molecule has 0 saturated heterocycles. The fourth-order valence-electron chi connectivity index (χ4n) is 0. The highest BCUT2D eigenvalue weighted by Crippen LogP contribution is 1.38. The van der Waals surface area contributed by atoms with Gasteiger partial charge in [-0.25, -0.2) is 0 Å².